The van der Waals surface area contributed by atoms with Gasteiger partial charge in [0.15, 0.2) is 0 Å². The van der Waals surface area contributed by atoms with E-state index in [1.165, 1.54) is 14.1 Å². The molecule has 0 radical (unpaired) electrons. The average molecular weight is 289 g/mol. The average Bonchev–Trinajstić information content (AvgIpc) is 2.77. The number of aromatic nitrogens is 1. The lowest BCUT2D eigenvalue weighted by Crippen LogP contribution is -2.33. The summed E-state index contributed by atoms with van der Waals surface area (Å²) in [7, 11) is -0.418. The van der Waals surface area contributed by atoms with E-state index in [0.717, 1.165) is 4.31 Å². The quantitative estimate of drug-likeness (QED) is 0.819. The normalized spacial score (nSPS) is 12.1. The zero-order valence-electron chi connectivity index (χ0n) is 11.5. The van der Waals surface area contributed by atoms with Crippen LogP contribution in [0.1, 0.15) is 36.0 Å². The Labute approximate surface area is 113 Å². The smallest absolute Gasteiger partial charge is 0.289 e. The molecule has 0 aliphatic heterocycles. The molecule has 1 aromatic rings. The lowest BCUT2D eigenvalue weighted by atomic mass is 10.1. The molecule has 1 aromatic heterocycles. The SMILES string of the molecule is CC(C)c1cc(C(=O)NCCS(=O)(=O)N(C)C)on1. The number of nitrogens with zero attached hydrogens (tertiary/aromatic N) is 2. The lowest BCUT2D eigenvalue weighted by Gasteiger charge is -2.10. The standard InChI is InChI=1S/C11H19N3O4S/c1-8(2)9-7-10(18-13-9)11(15)12-5-6-19(16,17)14(3)4/h7-8H,5-6H2,1-4H3,(H,12,15). The molecule has 1 amide bonds. The van der Waals surface area contributed by atoms with Crippen LogP contribution in [0.5, 0.6) is 0 Å². The minimum absolute atomic E-state index is 0.0249. The second-order valence-corrected chi connectivity index (χ2v) is 6.93. The summed E-state index contributed by atoms with van der Waals surface area (Å²) in [6.45, 7) is 3.89. The minimum Gasteiger partial charge on any atom is -0.351 e. The highest BCUT2D eigenvalue weighted by Gasteiger charge is 2.17. The second-order valence-electron chi connectivity index (χ2n) is 4.63. The predicted octanol–water partition coefficient (Wildman–Crippen LogP) is 0.419. The molecule has 0 spiro atoms. The maximum atomic E-state index is 11.7. The van der Waals surface area contributed by atoms with Gasteiger partial charge in [-0.15, -0.1) is 0 Å². The summed E-state index contributed by atoms with van der Waals surface area (Å²) in [4.78, 5) is 11.7. The van der Waals surface area contributed by atoms with E-state index in [0.29, 0.717) is 5.69 Å². The Morgan fingerprint density at radius 2 is 2.11 bits per heavy atom. The maximum Gasteiger partial charge on any atom is 0.289 e. The number of carbonyl (C=O) groups is 1. The number of sulfonamides is 1. The lowest BCUT2D eigenvalue weighted by molar-refractivity contribution is 0.0919. The summed E-state index contributed by atoms with van der Waals surface area (Å²) < 4.78 is 29.0. The summed E-state index contributed by atoms with van der Waals surface area (Å²) in [5, 5.41) is 6.24. The van der Waals surface area contributed by atoms with Crippen molar-refractivity contribution in [1.82, 2.24) is 14.8 Å². The number of rotatable bonds is 6. The van der Waals surface area contributed by atoms with Crippen LogP contribution in [-0.4, -0.2) is 50.2 Å². The van der Waals surface area contributed by atoms with E-state index < -0.39 is 15.9 Å². The van der Waals surface area contributed by atoms with E-state index in [-0.39, 0.29) is 24.0 Å². The number of hydrogen-bond acceptors (Lipinski definition) is 5. The van der Waals surface area contributed by atoms with E-state index in [4.69, 9.17) is 4.52 Å². The monoisotopic (exact) mass is 289 g/mol. The Balaban J connectivity index is 2.52. The van der Waals surface area contributed by atoms with Crippen molar-refractivity contribution >= 4 is 15.9 Å². The van der Waals surface area contributed by atoms with Crippen LogP contribution in [-0.2, 0) is 10.0 Å². The van der Waals surface area contributed by atoms with Gasteiger partial charge in [0.1, 0.15) is 0 Å². The summed E-state index contributed by atoms with van der Waals surface area (Å²) in [5.41, 5.74) is 0.686. The Bertz CT molecular complexity index is 534. The van der Waals surface area contributed by atoms with Gasteiger partial charge in [0, 0.05) is 26.7 Å². The van der Waals surface area contributed by atoms with Gasteiger partial charge in [-0.05, 0) is 5.92 Å². The Hall–Kier alpha value is -1.41. The first-order valence-electron chi connectivity index (χ1n) is 5.89. The van der Waals surface area contributed by atoms with Crippen molar-refractivity contribution in [3.05, 3.63) is 17.5 Å². The summed E-state index contributed by atoms with van der Waals surface area (Å²) in [5.74, 6) is -0.365. The molecule has 1 rings (SSSR count). The molecule has 0 aliphatic carbocycles. The molecular weight excluding hydrogens is 270 g/mol. The third kappa shape index (κ3) is 4.32. The van der Waals surface area contributed by atoms with Gasteiger partial charge in [-0.25, -0.2) is 12.7 Å². The second kappa shape index (κ2) is 6.16. The van der Waals surface area contributed by atoms with Crippen molar-refractivity contribution in [1.29, 1.82) is 0 Å². The molecule has 0 unspecified atom stereocenters. The molecule has 7 nitrogen and oxygen atoms in total. The molecule has 0 saturated heterocycles. The predicted molar refractivity (Wildman–Crippen MR) is 70.4 cm³/mol. The molecule has 0 saturated carbocycles. The van der Waals surface area contributed by atoms with E-state index in [9.17, 15) is 13.2 Å². The van der Waals surface area contributed by atoms with E-state index in [1.54, 1.807) is 6.07 Å². The molecule has 0 atom stereocenters. The molecule has 0 aromatic carbocycles. The molecule has 0 bridgehead atoms. The van der Waals surface area contributed by atoms with Crippen LogP contribution in [0.3, 0.4) is 0 Å². The summed E-state index contributed by atoms with van der Waals surface area (Å²) in [6, 6.07) is 1.56. The maximum absolute atomic E-state index is 11.7. The van der Waals surface area contributed by atoms with Gasteiger partial charge >= 0.3 is 0 Å². The van der Waals surface area contributed by atoms with Crippen LogP contribution in [0.25, 0.3) is 0 Å². The minimum atomic E-state index is -3.31. The summed E-state index contributed by atoms with van der Waals surface area (Å²) in [6.07, 6.45) is 0. The fourth-order valence-corrected chi connectivity index (χ4v) is 1.96. The molecular formula is C11H19N3O4S. The largest absolute Gasteiger partial charge is 0.351 e. The van der Waals surface area contributed by atoms with Gasteiger partial charge in [-0.1, -0.05) is 19.0 Å². The zero-order chi connectivity index (χ0) is 14.6. The highest BCUT2D eigenvalue weighted by Crippen LogP contribution is 2.13. The van der Waals surface area contributed by atoms with Crippen molar-refractivity contribution in [3.63, 3.8) is 0 Å². The van der Waals surface area contributed by atoms with Gasteiger partial charge in [0.25, 0.3) is 5.91 Å². The third-order valence-electron chi connectivity index (χ3n) is 2.55. The fourth-order valence-electron chi connectivity index (χ4n) is 1.23. The van der Waals surface area contributed by atoms with Gasteiger partial charge in [-0.3, -0.25) is 4.79 Å². The molecule has 108 valence electrons. The van der Waals surface area contributed by atoms with Crippen LogP contribution >= 0.6 is 0 Å². The first-order chi connectivity index (χ1) is 8.74. The molecule has 0 aliphatic rings. The van der Waals surface area contributed by atoms with E-state index in [2.05, 4.69) is 10.5 Å². The van der Waals surface area contributed by atoms with Crippen molar-refractivity contribution in [3.8, 4) is 0 Å². The van der Waals surface area contributed by atoms with Crippen molar-refractivity contribution < 1.29 is 17.7 Å². The highest BCUT2D eigenvalue weighted by molar-refractivity contribution is 7.89. The zero-order valence-corrected chi connectivity index (χ0v) is 12.3. The first-order valence-corrected chi connectivity index (χ1v) is 7.50. The third-order valence-corrected chi connectivity index (χ3v) is 4.38. The fraction of sp³-hybridized carbons (Fsp3) is 0.636. The van der Waals surface area contributed by atoms with Gasteiger partial charge in [0.05, 0.1) is 11.4 Å². The number of carbonyl (C=O) groups excluding carboxylic acids is 1. The topological polar surface area (TPSA) is 92.5 Å². The highest BCUT2D eigenvalue weighted by atomic mass is 32.2. The molecule has 1 N–H and O–H groups in total. The first kappa shape index (κ1) is 15.6. The van der Waals surface area contributed by atoms with Crippen LogP contribution in [0.15, 0.2) is 10.6 Å². The Morgan fingerprint density at radius 3 is 2.58 bits per heavy atom. The number of amides is 1. The summed E-state index contributed by atoms with van der Waals surface area (Å²) >= 11 is 0. The van der Waals surface area contributed by atoms with Gasteiger partial charge in [0.2, 0.25) is 15.8 Å². The molecule has 0 fully saturated rings. The Morgan fingerprint density at radius 1 is 1.47 bits per heavy atom. The molecule has 8 heteroatoms. The molecule has 19 heavy (non-hydrogen) atoms. The van der Waals surface area contributed by atoms with E-state index in [1.807, 2.05) is 13.8 Å². The van der Waals surface area contributed by atoms with Gasteiger partial charge < -0.3 is 9.84 Å². The van der Waals surface area contributed by atoms with Crippen LogP contribution in [0, 0.1) is 0 Å². The van der Waals surface area contributed by atoms with E-state index >= 15 is 0 Å². The van der Waals surface area contributed by atoms with Crippen molar-refractivity contribution in [2.24, 2.45) is 0 Å². The number of hydrogen-bond donors (Lipinski definition) is 1. The number of nitrogens with one attached hydrogen (secondary N) is 1. The van der Waals surface area contributed by atoms with Crippen molar-refractivity contribution in [2.45, 2.75) is 19.8 Å². The van der Waals surface area contributed by atoms with Crippen LogP contribution in [0.2, 0.25) is 0 Å². The van der Waals surface area contributed by atoms with Crippen molar-refractivity contribution in [2.75, 3.05) is 26.4 Å². The van der Waals surface area contributed by atoms with Gasteiger partial charge in [-0.2, -0.15) is 0 Å². The van der Waals surface area contributed by atoms with Crippen LogP contribution in [0.4, 0.5) is 0 Å². The Kier molecular flexibility index (Phi) is 5.07. The molecule has 1 heterocycles. The van der Waals surface area contributed by atoms with Crippen LogP contribution < -0.4 is 5.32 Å².